The number of hydrogen-bond acceptors (Lipinski definition) is 3. The van der Waals surface area contributed by atoms with Crippen molar-refractivity contribution in [2.75, 3.05) is 18.5 Å². The molecule has 116 valence electrons. The summed E-state index contributed by atoms with van der Waals surface area (Å²) in [4.78, 5) is 11.8. The first-order valence-corrected chi connectivity index (χ1v) is 7.42. The Morgan fingerprint density at radius 3 is 2.39 bits per heavy atom. The molecule has 0 bridgehead atoms. The number of nitrogens with one attached hydrogen (secondary N) is 1. The standard InChI is InChI=1S/C19H17NO3/c21-19(23-13-12-22-18-8-2-1-3-9-18)20-17-11-10-15-6-4-5-7-16(15)14-17/h1-11,14H,12-13H2,(H,20,21). The van der Waals surface area contributed by atoms with Gasteiger partial charge in [-0.05, 0) is 35.0 Å². The van der Waals surface area contributed by atoms with Crippen molar-refractivity contribution < 1.29 is 14.3 Å². The lowest BCUT2D eigenvalue weighted by atomic mass is 10.1. The van der Waals surface area contributed by atoms with Crippen molar-refractivity contribution in [2.24, 2.45) is 0 Å². The molecular weight excluding hydrogens is 290 g/mol. The first-order valence-electron chi connectivity index (χ1n) is 7.42. The molecule has 0 aliphatic carbocycles. The van der Waals surface area contributed by atoms with Crippen LogP contribution in [0.4, 0.5) is 10.5 Å². The van der Waals surface area contributed by atoms with Gasteiger partial charge in [0.2, 0.25) is 0 Å². The monoisotopic (exact) mass is 307 g/mol. The zero-order valence-corrected chi connectivity index (χ0v) is 12.6. The first kappa shape index (κ1) is 14.9. The fourth-order valence-corrected chi connectivity index (χ4v) is 2.23. The predicted molar refractivity (Wildman–Crippen MR) is 90.9 cm³/mol. The maximum Gasteiger partial charge on any atom is 0.411 e. The molecule has 0 atom stereocenters. The lowest BCUT2D eigenvalue weighted by molar-refractivity contribution is 0.138. The number of carbonyl (C=O) groups excluding carboxylic acids is 1. The number of benzene rings is 3. The lowest BCUT2D eigenvalue weighted by Gasteiger charge is -2.09. The Hall–Kier alpha value is -3.01. The van der Waals surface area contributed by atoms with E-state index in [4.69, 9.17) is 9.47 Å². The fourth-order valence-electron chi connectivity index (χ4n) is 2.23. The van der Waals surface area contributed by atoms with Gasteiger partial charge in [-0.3, -0.25) is 5.32 Å². The zero-order chi connectivity index (χ0) is 15.9. The van der Waals surface area contributed by atoms with Gasteiger partial charge in [0, 0.05) is 5.69 Å². The van der Waals surface area contributed by atoms with E-state index >= 15 is 0 Å². The third kappa shape index (κ3) is 4.23. The third-order valence-electron chi connectivity index (χ3n) is 3.32. The van der Waals surface area contributed by atoms with Crippen LogP contribution in [0.25, 0.3) is 10.8 Å². The van der Waals surface area contributed by atoms with Crippen molar-refractivity contribution in [1.82, 2.24) is 0 Å². The highest BCUT2D eigenvalue weighted by Gasteiger charge is 2.04. The molecule has 23 heavy (non-hydrogen) atoms. The van der Waals surface area contributed by atoms with E-state index in [0.29, 0.717) is 12.3 Å². The summed E-state index contributed by atoms with van der Waals surface area (Å²) in [6.45, 7) is 0.503. The molecule has 1 N–H and O–H groups in total. The summed E-state index contributed by atoms with van der Waals surface area (Å²) in [6, 6.07) is 23.1. The lowest BCUT2D eigenvalue weighted by Crippen LogP contribution is -2.17. The molecule has 3 aromatic rings. The van der Waals surface area contributed by atoms with Gasteiger partial charge in [-0.2, -0.15) is 0 Å². The SMILES string of the molecule is O=C(Nc1ccc2ccccc2c1)OCCOc1ccccc1. The van der Waals surface area contributed by atoms with E-state index in [2.05, 4.69) is 5.32 Å². The Bertz CT molecular complexity index is 787. The number of anilines is 1. The highest BCUT2D eigenvalue weighted by atomic mass is 16.6. The minimum Gasteiger partial charge on any atom is -0.490 e. The maximum atomic E-state index is 11.8. The van der Waals surface area contributed by atoms with Crippen LogP contribution >= 0.6 is 0 Å². The fraction of sp³-hybridized carbons (Fsp3) is 0.105. The molecule has 0 aliphatic rings. The summed E-state index contributed by atoms with van der Waals surface area (Å²) in [6.07, 6.45) is -0.489. The Kier molecular flexibility index (Phi) is 4.74. The van der Waals surface area contributed by atoms with Gasteiger partial charge in [0.05, 0.1) is 0 Å². The van der Waals surface area contributed by atoms with Gasteiger partial charge in [-0.1, -0.05) is 48.5 Å². The van der Waals surface area contributed by atoms with Crippen molar-refractivity contribution in [1.29, 1.82) is 0 Å². The molecule has 1 amide bonds. The molecular formula is C19H17NO3. The Balaban J connectivity index is 1.46. The van der Waals surface area contributed by atoms with Gasteiger partial charge in [0.15, 0.2) is 0 Å². The number of carbonyl (C=O) groups is 1. The highest BCUT2D eigenvalue weighted by molar-refractivity contribution is 5.91. The number of amides is 1. The van der Waals surface area contributed by atoms with Crippen molar-refractivity contribution in [3.8, 4) is 5.75 Å². The highest BCUT2D eigenvalue weighted by Crippen LogP contribution is 2.18. The zero-order valence-electron chi connectivity index (χ0n) is 12.6. The molecule has 4 heteroatoms. The average Bonchev–Trinajstić information content (AvgIpc) is 2.59. The van der Waals surface area contributed by atoms with Gasteiger partial charge in [0.25, 0.3) is 0 Å². The van der Waals surface area contributed by atoms with Crippen molar-refractivity contribution in [3.05, 3.63) is 72.8 Å². The summed E-state index contributed by atoms with van der Waals surface area (Å²) in [5.41, 5.74) is 0.706. The molecule has 0 saturated carbocycles. The van der Waals surface area contributed by atoms with Crippen LogP contribution in [0.5, 0.6) is 5.75 Å². The normalized spacial score (nSPS) is 10.3. The van der Waals surface area contributed by atoms with Crippen LogP contribution in [0, 0.1) is 0 Å². The summed E-state index contributed by atoms with van der Waals surface area (Å²) in [5, 5.41) is 4.91. The minimum absolute atomic E-state index is 0.189. The molecule has 0 spiro atoms. The van der Waals surface area contributed by atoms with Gasteiger partial charge < -0.3 is 9.47 Å². The largest absolute Gasteiger partial charge is 0.490 e. The van der Waals surface area contributed by atoms with Gasteiger partial charge in [0.1, 0.15) is 19.0 Å². The molecule has 0 saturated heterocycles. The van der Waals surface area contributed by atoms with E-state index in [0.717, 1.165) is 16.5 Å². The third-order valence-corrected chi connectivity index (χ3v) is 3.32. The molecule has 3 aromatic carbocycles. The average molecular weight is 307 g/mol. The number of ether oxygens (including phenoxy) is 2. The van der Waals surface area contributed by atoms with Gasteiger partial charge in [-0.25, -0.2) is 4.79 Å². The van der Waals surface area contributed by atoms with Gasteiger partial charge in [-0.15, -0.1) is 0 Å². The Morgan fingerprint density at radius 1 is 0.826 bits per heavy atom. The number of para-hydroxylation sites is 1. The molecule has 0 unspecified atom stereocenters. The molecule has 0 radical (unpaired) electrons. The molecule has 0 heterocycles. The van der Waals surface area contributed by atoms with Crippen LogP contribution in [0.1, 0.15) is 0 Å². The number of hydrogen-bond donors (Lipinski definition) is 1. The van der Waals surface area contributed by atoms with Gasteiger partial charge >= 0.3 is 6.09 Å². The summed E-state index contributed by atoms with van der Waals surface area (Å²) >= 11 is 0. The van der Waals surface area contributed by atoms with Crippen molar-refractivity contribution >= 4 is 22.6 Å². The van der Waals surface area contributed by atoms with Crippen molar-refractivity contribution in [3.63, 3.8) is 0 Å². The molecule has 0 aromatic heterocycles. The maximum absolute atomic E-state index is 11.8. The van der Waals surface area contributed by atoms with E-state index in [1.54, 1.807) is 0 Å². The summed E-state index contributed by atoms with van der Waals surface area (Å²) in [7, 11) is 0. The summed E-state index contributed by atoms with van der Waals surface area (Å²) in [5.74, 6) is 0.756. The van der Waals surface area contributed by atoms with E-state index in [1.165, 1.54) is 0 Å². The second-order valence-corrected chi connectivity index (χ2v) is 4.98. The second-order valence-electron chi connectivity index (χ2n) is 4.98. The number of rotatable bonds is 5. The van der Waals surface area contributed by atoms with Crippen LogP contribution in [0.2, 0.25) is 0 Å². The molecule has 3 rings (SSSR count). The van der Waals surface area contributed by atoms with E-state index < -0.39 is 6.09 Å². The van der Waals surface area contributed by atoms with E-state index in [9.17, 15) is 4.79 Å². The van der Waals surface area contributed by atoms with Crippen LogP contribution in [0.3, 0.4) is 0 Å². The smallest absolute Gasteiger partial charge is 0.411 e. The Morgan fingerprint density at radius 2 is 1.57 bits per heavy atom. The van der Waals surface area contributed by atoms with Crippen LogP contribution in [-0.4, -0.2) is 19.3 Å². The van der Waals surface area contributed by atoms with E-state index in [1.807, 2.05) is 72.8 Å². The second kappa shape index (κ2) is 7.31. The molecule has 0 fully saturated rings. The Labute approximate surface area is 134 Å². The topological polar surface area (TPSA) is 47.6 Å². The minimum atomic E-state index is -0.489. The van der Waals surface area contributed by atoms with Crippen molar-refractivity contribution in [2.45, 2.75) is 0 Å². The van der Waals surface area contributed by atoms with Crippen LogP contribution < -0.4 is 10.1 Å². The summed E-state index contributed by atoms with van der Waals surface area (Å²) < 4.78 is 10.6. The molecule has 4 nitrogen and oxygen atoms in total. The predicted octanol–water partition coefficient (Wildman–Crippen LogP) is 4.47. The quantitative estimate of drug-likeness (QED) is 0.708. The first-order chi connectivity index (χ1) is 11.3. The van der Waals surface area contributed by atoms with E-state index in [-0.39, 0.29) is 6.61 Å². The van der Waals surface area contributed by atoms with Crippen LogP contribution in [-0.2, 0) is 4.74 Å². The molecule has 0 aliphatic heterocycles. The number of fused-ring (bicyclic) bond motifs is 1. The van der Waals surface area contributed by atoms with Crippen LogP contribution in [0.15, 0.2) is 72.8 Å².